The maximum Gasteiger partial charge on any atom is 0.490 e. The predicted octanol–water partition coefficient (Wildman–Crippen LogP) is 4.39. The average molecular weight is 428 g/mol. The third-order valence-electron chi connectivity index (χ3n) is 5.78. The van der Waals surface area contributed by atoms with E-state index >= 15 is 0 Å². The van der Waals surface area contributed by atoms with Gasteiger partial charge in [-0.15, -0.1) is 0 Å². The van der Waals surface area contributed by atoms with Gasteiger partial charge >= 0.3 is 12.1 Å². The van der Waals surface area contributed by atoms with Gasteiger partial charge in [-0.25, -0.2) is 10.3 Å². The number of anilines is 1. The molecule has 0 radical (unpaired) electrons. The first-order valence-electron chi connectivity index (χ1n) is 9.93. The van der Waals surface area contributed by atoms with E-state index in [1.54, 1.807) is 11.6 Å². The van der Waals surface area contributed by atoms with Crippen molar-refractivity contribution in [3.05, 3.63) is 35.9 Å². The maximum absolute atomic E-state index is 11.2. The molecule has 1 aliphatic carbocycles. The summed E-state index contributed by atoms with van der Waals surface area (Å²) >= 11 is 0. The Labute approximate surface area is 173 Å². The topological polar surface area (TPSA) is 89.9 Å². The number of carbonyl (C=O) groups excluding carboxylic acids is 1. The third-order valence-corrected chi connectivity index (χ3v) is 5.78. The maximum atomic E-state index is 11.2. The van der Waals surface area contributed by atoms with Crippen LogP contribution in [0.1, 0.15) is 50.5 Å². The lowest BCUT2D eigenvalue weighted by molar-refractivity contribution is -0.192. The van der Waals surface area contributed by atoms with E-state index in [2.05, 4.69) is 11.0 Å². The van der Waals surface area contributed by atoms with Gasteiger partial charge in [0.1, 0.15) is 0 Å². The number of rotatable bonds is 3. The number of hydrogen-bond donors (Lipinski definition) is 3. The number of halogens is 3. The molecule has 1 spiro atoms. The minimum atomic E-state index is -5.08. The number of nitrogens with one attached hydrogen (secondary N) is 1. The summed E-state index contributed by atoms with van der Waals surface area (Å²) in [5.41, 5.74) is 4.43. The van der Waals surface area contributed by atoms with Crippen LogP contribution in [0.25, 0.3) is 6.08 Å². The number of amides is 1. The van der Waals surface area contributed by atoms with Crippen LogP contribution in [0.3, 0.4) is 0 Å². The molecular formula is C21H27F3N2O4. The minimum Gasteiger partial charge on any atom is -0.475 e. The first-order chi connectivity index (χ1) is 14.2. The zero-order valence-electron chi connectivity index (χ0n) is 16.6. The van der Waals surface area contributed by atoms with E-state index in [9.17, 15) is 18.0 Å². The van der Waals surface area contributed by atoms with Crippen LogP contribution in [0.4, 0.5) is 18.9 Å². The predicted molar refractivity (Wildman–Crippen MR) is 106 cm³/mol. The Morgan fingerprint density at radius 2 is 1.60 bits per heavy atom. The number of carboxylic acid groups (broad SMARTS) is 1. The molecule has 3 N–H and O–H groups in total. The van der Waals surface area contributed by atoms with E-state index in [0.717, 1.165) is 18.7 Å². The molecule has 166 valence electrons. The zero-order chi connectivity index (χ0) is 22.2. The van der Waals surface area contributed by atoms with Crippen molar-refractivity contribution in [1.29, 1.82) is 0 Å². The number of carbonyl (C=O) groups is 2. The van der Waals surface area contributed by atoms with E-state index in [1.807, 2.05) is 18.2 Å². The van der Waals surface area contributed by atoms with Gasteiger partial charge in [-0.2, -0.15) is 13.2 Å². The average Bonchev–Trinajstić information content (AvgIpc) is 2.73. The monoisotopic (exact) mass is 428 g/mol. The number of carboxylic acids is 1. The highest BCUT2D eigenvalue weighted by Crippen LogP contribution is 2.45. The molecule has 3 rings (SSSR count). The summed E-state index contributed by atoms with van der Waals surface area (Å²) in [6, 6.07) is 8.16. The van der Waals surface area contributed by atoms with Gasteiger partial charge in [0.05, 0.1) is 0 Å². The Kier molecular flexibility index (Phi) is 8.28. The molecule has 0 atom stereocenters. The second kappa shape index (κ2) is 10.5. The first kappa shape index (κ1) is 23.7. The summed E-state index contributed by atoms with van der Waals surface area (Å²) < 4.78 is 31.7. The molecule has 1 aromatic carbocycles. The van der Waals surface area contributed by atoms with Gasteiger partial charge in [-0.1, -0.05) is 37.5 Å². The lowest BCUT2D eigenvalue weighted by Crippen LogP contribution is -2.41. The van der Waals surface area contributed by atoms with E-state index < -0.39 is 18.1 Å². The number of hydroxylamine groups is 1. The van der Waals surface area contributed by atoms with Crippen LogP contribution < -0.4 is 10.4 Å². The van der Waals surface area contributed by atoms with Crippen LogP contribution in [0.5, 0.6) is 0 Å². The fourth-order valence-electron chi connectivity index (χ4n) is 4.14. The summed E-state index contributed by atoms with van der Waals surface area (Å²) in [7, 11) is 0. The second-order valence-corrected chi connectivity index (χ2v) is 7.72. The van der Waals surface area contributed by atoms with Crippen molar-refractivity contribution in [3.8, 4) is 0 Å². The van der Waals surface area contributed by atoms with Crippen molar-refractivity contribution >= 4 is 23.6 Å². The van der Waals surface area contributed by atoms with Crippen molar-refractivity contribution < 1.29 is 33.1 Å². The Bertz CT molecular complexity index is 749. The molecule has 0 aromatic heterocycles. The summed E-state index contributed by atoms with van der Waals surface area (Å²) in [5, 5.41) is 15.7. The Morgan fingerprint density at radius 3 is 2.13 bits per heavy atom. The molecule has 1 aliphatic heterocycles. The van der Waals surface area contributed by atoms with Gasteiger partial charge in [0.2, 0.25) is 0 Å². The van der Waals surface area contributed by atoms with Crippen LogP contribution in [0, 0.1) is 5.41 Å². The Morgan fingerprint density at radius 1 is 1.03 bits per heavy atom. The van der Waals surface area contributed by atoms with Gasteiger partial charge in [0.15, 0.2) is 0 Å². The number of aliphatic carboxylic acids is 1. The van der Waals surface area contributed by atoms with Crippen LogP contribution in [0.2, 0.25) is 0 Å². The SMILES string of the molecule is O=C(/C=C/c1ccccc1N1CCC2(CCCCC2)CC1)NO.O=C(O)C(F)(F)F. The van der Waals surface area contributed by atoms with Gasteiger partial charge < -0.3 is 10.0 Å². The number of benzene rings is 1. The van der Waals surface area contributed by atoms with Crippen LogP contribution in [-0.2, 0) is 9.59 Å². The first-order valence-corrected chi connectivity index (χ1v) is 9.93. The van der Waals surface area contributed by atoms with Crippen LogP contribution >= 0.6 is 0 Å². The summed E-state index contributed by atoms with van der Waals surface area (Å²) in [6.07, 6.45) is 7.62. The molecule has 2 aliphatic rings. The van der Waals surface area contributed by atoms with E-state index in [-0.39, 0.29) is 0 Å². The summed E-state index contributed by atoms with van der Waals surface area (Å²) in [4.78, 5) is 22.6. The fraction of sp³-hybridized carbons (Fsp3) is 0.524. The molecule has 1 heterocycles. The normalized spacial score (nSPS) is 18.6. The van der Waals surface area contributed by atoms with Crippen LogP contribution in [0.15, 0.2) is 30.3 Å². The van der Waals surface area contributed by atoms with Crippen molar-refractivity contribution in [2.75, 3.05) is 18.0 Å². The van der Waals surface area contributed by atoms with E-state index in [1.165, 1.54) is 56.7 Å². The fourth-order valence-corrected chi connectivity index (χ4v) is 4.14. The number of para-hydroxylation sites is 1. The lowest BCUT2D eigenvalue weighted by atomic mass is 9.68. The molecule has 1 amide bonds. The number of nitrogens with zero attached hydrogens (tertiary/aromatic N) is 1. The smallest absolute Gasteiger partial charge is 0.475 e. The molecule has 0 bridgehead atoms. The minimum absolute atomic E-state index is 0.500. The molecule has 1 saturated carbocycles. The van der Waals surface area contributed by atoms with Gasteiger partial charge in [-0.3, -0.25) is 10.0 Å². The van der Waals surface area contributed by atoms with Crippen molar-refractivity contribution in [1.82, 2.24) is 5.48 Å². The Balaban J connectivity index is 0.000000396. The molecule has 9 heteroatoms. The summed E-state index contributed by atoms with van der Waals surface area (Å²) in [5.74, 6) is -3.26. The van der Waals surface area contributed by atoms with Crippen molar-refractivity contribution in [3.63, 3.8) is 0 Å². The van der Waals surface area contributed by atoms with E-state index in [0.29, 0.717) is 5.41 Å². The Hall–Kier alpha value is -2.55. The zero-order valence-corrected chi connectivity index (χ0v) is 16.6. The molecule has 1 aromatic rings. The van der Waals surface area contributed by atoms with Gasteiger partial charge in [0.25, 0.3) is 5.91 Å². The summed E-state index contributed by atoms with van der Waals surface area (Å²) in [6.45, 7) is 2.19. The second-order valence-electron chi connectivity index (χ2n) is 7.72. The van der Waals surface area contributed by atoms with Crippen LogP contribution in [-0.4, -0.2) is 41.5 Å². The standard InChI is InChI=1S/C19H26N2O2.C2HF3O2/c22-18(20-23)9-8-16-6-2-3-7-17(16)21-14-12-19(13-15-21)10-4-1-5-11-19;3-2(4,5)1(6)7/h2-3,6-9,23H,1,4-5,10-15H2,(H,20,22);(H,6,7)/b9-8+;. The van der Waals surface area contributed by atoms with Gasteiger partial charge in [-0.05, 0) is 48.8 Å². The number of piperidine rings is 1. The van der Waals surface area contributed by atoms with Gasteiger partial charge in [0, 0.05) is 24.9 Å². The van der Waals surface area contributed by atoms with E-state index in [4.69, 9.17) is 15.1 Å². The molecule has 0 unspecified atom stereocenters. The highest BCUT2D eigenvalue weighted by Gasteiger charge is 2.38. The highest BCUT2D eigenvalue weighted by molar-refractivity contribution is 5.91. The number of hydrogen-bond acceptors (Lipinski definition) is 4. The number of alkyl halides is 3. The quantitative estimate of drug-likeness (QED) is 0.377. The molecule has 1 saturated heterocycles. The largest absolute Gasteiger partial charge is 0.490 e. The molecule has 6 nitrogen and oxygen atoms in total. The molecule has 2 fully saturated rings. The van der Waals surface area contributed by atoms with Crippen molar-refractivity contribution in [2.24, 2.45) is 5.41 Å². The lowest BCUT2D eigenvalue weighted by Gasteiger charge is -2.45. The van der Waals surface area contributed by atoms with Crippen molar-refractivity contribution in [2.45, 2.75) is 51.1 Å². The highest BCUT2D eigenvalue weighted by atomic mass is 19.4. The molecular weight excluding hydrogens is 401 g/mol. The third kappa shape index (κ3) is 6.76. The molecule has 30 heavy (non-hydrogen) atoms.